The van der Waals surface area contributed by atoms with Gasteiger partial charge in [-0.2, -0.15) is 0 Å². The minimum atomic E-state index is -1.08. The second-order valence-corrected chi connectivity index (χ2v) is 8.10. The number of hydrogen-bond acceptors (Lipinski definition) is 5. The summed E-state index contributed by atoms with van der Waals surface area (Å²) in [6, 6.07) is 19.0. The first-order chi connectivity index (χ1) is 15.6. The lowest BCUT2D eigenvalue weighted by molar-refractivity contribution is -0.143. The first kappa shape index (κ1) is 23.8. The van der Waals surface area contributed by atoms with E-state index in [2.05, 4.69) is 46.6 Å². The zero-order valence-corrected chi connectivity index (χ0v) is 18.5. The third-order valence-electron chi connectivity index (χ3n) is 5.86. The van der Waals surface area contributed by atoms with Crippen molar-refractivity contribution in [2.75, 3.05) is 46.5 Å². The molecule has 1 fully saturated rings. The molecule has 32 heavy (non-hydrogen) atoms. The van der Waals surface area contributed by atoms with E-state index in [1.165, 1.54) is 11.1 Å². The lowest BCUT2D eigenvalue weighted by atomic mass is 9.77. The molecule has 2 aromatic carbocycles. The van der Waals surface area contributed by atoms with Crippen LogP contribution in [0.5, 0.6) is 5.75 Å². The van der Waals surface area contributed by atoms with Gasteiger partial charge in [0.15, 0.2) is 0 Å². The molecular formula is C25H32N2O5. The highest BCUT2D eigenvalue weighted by molar-refractivity contribution is 5.77. The number of carbonyl (C=O) groups is 2. The summed E-state index contributed by atoms with van der Waals surface area (Å²) in [5.74, 6) is 0.245. The average molecular weight is 441 g/mol. The Labute approximate surface area is 189 Å². The molecule has 2 unspecified atom stereocenters. The van der Waals surface area contributed by atoms with Gasteiger partial charge in [0.25, 0.3) is 0 Å². The van der Waals surface area contributed by atoms with Crippen molar-refractivity contribution in [1.82, 2.24) is 10.2 Å². The lowest BCUT2D eigenvalue weighted by Crippen LogP contribution is -2.42. The number of likely N-dealkylation sites (tertiary alicyclic amines) is 1. The van der Waals surface area contributed by atoms with Crippen molar-refractivity contribution in [3.05, 3.63) is 65.7 Å². The lowest BCUT2D eigenvalue weighted by Gasteiger charge is -2.37. The number of carboxylic acids is 1. The zero-order chi connectivity index (χ0) is 22.8. The highest BCUT2D eigenvalue weighted by atomic mass is 16.5. The minimum Gasteiger partial charge on any atom is -0.497 e. The van der Waals surface area contributed by atoms with Crippen LogP contribution in [0.1, 0.15) is 29.9 Å². The standard InChI is InChI=1S/C25H32N2O5/c1-31-22-11-9-20(10-12-22)25(19-6-3-2-4-7-19)21-8-5-14-27(16-21)15-13-26-23(28)17-32-18-24(29)30/h2-4,6-7,9-12,21,25H,5,8,13-18H2,1H3,(H,26,28)(H,29,30). The van der Waals surface area contributed by atoms with Gasteiger partial charge in [0.1, 0.15) is 19.0 Å². The van der Waals surface area contributed by atoms with Crippen LogP contribution in [0.4, 0.5) is 0 Å². The number of nitrogens with one attached hydrogen (secondary N) is 1. The normalized spacial score (nSPS) is 17.5. The Hall–Kier alpha value is -2.90. The van der Waals surface area contributed by atoms with Gasteiger partial charge in [0, 0.05) is 25.6 Å². The summed E-state index contributed by atoms with van der Waals surface area (Å²) >= 11 is 0. The summed E-state index contributed by atoms with van der Waals surface area (Å²) in [5, 5.41) is 11.4. The summed E-state index contributed by atoms with van der Waals surface area (Å²) in [4.78, 5) is 24.7. The van der Waals surface area contributed by atoms with Crippen molar-refractivity contribution in [2.45, 2.75) is 18.8 Å². The van der Waals surface area contributed by atoms with Gasteiger partial charge < -0.3 is 24.8 Å². The molecule has 7 nitrogen and oxygen atoms in total. The number of carboxylic acid groups (broad SMARTS) is 1. The molecule has 7 heteroatoms. The molecule has 172 valence electrons. The highest BCUT2D eigenvalue weighted by Crippen LogP contribution is 2.37. The fourth-order valence-corrected chi connectivity index (χ4v) is 4.41. The van der Waals surface area contributed by atoms with E-state index in [0.717, 1.165) is 38.2 Å². The molecule has 0 saturated carbocycles. The third-order valence-corrected chi connectivity index (χ3v) is 5.86. The predicted octanol–water partition coefficient (Wildman–Crippen LogP) is 2.76. The molecule has 1 aliphatic rings. The second kappa shape index (κ2) is 12.2. The third kappa shape index (κ3) is 7.07. The largest absolute Gasteiger partial charge is 0.497 e. The maximum absolute atomic E-state index is 11.8. The molecule has 1 heterocycles. The van der Waals surface area contributed by atoms with Gasteiger partial charge in [-0.1, -0.05) is 42.5 Å². The monoisotopic (exact) mass is 440 g/mol. The van der Waals surface area contributed by atoms with Crippen LogP contribution in [0, 0.1) is 5.92 Å². The van der Waals surface area contributed by atoms with E-state index in [0.29, 0.717) is 18.4 Å². The molecule has 1 amide bonds. The second-order valence-electron chi connectivity index (χ2n) is 8.10. The molecule has 0 bridgehead atoms. The summed E-state index contributed by atoms with van der Waals surface area (Å²) in [7, 11) is 1.68. The van der Waals surface area contributed by atoms with Gasteiger partial charge in [0.2, 0.25) is 5.91 Å². The Morgan fingerprint density at radius 1 is 1.09 bits per heavy atom. The van der Waals surface area contributed by atoms with E-state index in [-0.39, 0.29) is 12.5 Å². The van der Waals surface area contributed by atoms with Crippen molar-refractivity contribution in [2.24, 2.45) is 5.92 Å². The molecule has 1 aliphatic heterocycles. The van der Waals surface area contributed by atoms with E-state index in [4.69, 9.17) is 14.6 Å². The van der Waals surface area contributed by atoms with E-state index in [9.17, 15) is 9.59 Å². The van der Waals surface area contributed by atoms with Crippen molar-refractivity contribution in [1.29, 1.82) is 0 Å². The van der Waals surface area contributed by atoms with Gasteiger partial charge in [-0.05, 0) is 48.6 Å². The van der Waals surface area contributed by atoms with Gasteiger partial charge in [-0.25, -0.2) is 4.79 Å². The number of amides is 1. The highest BCUT2D eigenvalue weighted by Gasteiger charge is 2.29. The van der Waals surface area contributed by atoms with Gasteiger partial charge in [0.05, 0.1) is 7.11 Å². The molecule has 2 aromatic rings. The van der Waals surface area contributed by atoms with E-state index in [1.807, 2.05) is 18.2 Å². The molecule has 0 aromatic heterocycles. The Morgan fingerprint density at radius 2 is 1.81 bits per heavy atom. The first-order valence-electron chi connectivity index (χ1n) is 11.0. The van der Waals surface area contributed by atoms with E-state index in [1.54, 1.807) is 7.11 Å². The molecular weight excluding hydrogens is 408 g/mol. The van der Waals surface area contributed by atoms with Crippen molar-refractivity contribution < 1.29 is 24.2 Å². The number of benzene rings is 2. The number of nitrogens with zero attached hydrogens (tertiary/aromatic N) is 1. The number of ether oxygens (including phenoxy) is 2. The van der Waals surface area contributed by atoms with Crippen LogP contribution >= 0.6 is 0 Å². The van der Waals surface area contributed by atoms with Crippen LogP contribution in [-0.2, 0) is 14.3 Å². The van der Waals surface area contributed by atoms with Gasteiger partial charge in [-0.3, -0.25) is 4.79 Å². The number of methoxy groups -OCH3 is 1. The molecule has 2 atom stereocenters. The van der Waals surface area contributed by atoms with Crippen LogP contribution < -0.4 is 10.1 Å². The molecule has 0 spiro atoms. The minimum absolute atomic E-state index is 0.234. The number of aliphatic carboxylic acids is 1. The first-order valence-corrected chi connectivity index (χ1v) is 11.0. The van der Waals surface area contributed by atoms with Crippen molar-refractivity contribution in [3.63, 3.8) is 0 Å². The summed E-state index contributed by atoms with van der Waals surface area (Å²) in [6.45, 7) is 2.53. The Morgan fingerprint density at radius 3 is 2.50 bits per heavy atom. The molecule has 2 N–H and O–H groups in total. The maximum atomic E-state index is 11.8. The van der Waals surface area contributed by atoms with Crippen LogP contribution in [0.25, 0.3) is 0 Å². The number of carbonyl (C=O) groups excluding carboxylic acids is 1. The Bertz CT molecular complexity index is 856. The summed E-state index contributed by atoms with van der Waals surface area (Å²) < 4.78 is 10.2. The van der Waals surface area contributed by atoms with Crippen molar-refractivity contribution in [3.8, 4) is 5.75 Å². The SMILES string of the molecule is COc1ccc(C(c2ccccc2)C2CCCN(CCNC(=O)COCC(=O)O)C2)cc1. The fourth-order valence-electron chi connectivity index (χ4n) is 4.41. The fraction of sp³-hybridized carbons (Fsp3) is 0.440. The van der Waals surface area contributed by atoms with Crippen LogP contribution in [0.2, 0.25) is 0 Å². The average Bonchev–Trinajstić information content (AvgIpc) is 2.80. The maximum Gasteiger partial charge on any atom is 0.329 e. The van der Waals surface area contributed by atoms with Gasteiger partial charge >= 0.3 is 5.97 Å². The molecule has 0 aliphatic carbocycles. The quantitative estimate of drug-likeness (QED) is 0.559. The van der Waals surface area contributed by atoms with Crippen LogP contribution in [0.3, 0.4) is 0 Å². The van der Waals surface area contributed by atoms with Crippen molar-refractivity contribution >= 4 is 11.9 Å². The summed E-state index contributed by atoms with van der Waals surface area (Å²) in [6.07, 6.45) is 2.26. The number of piperidine rings is 1. The summed E-state index contributed by atoms with van der Waals surface area (Å²) in [5.41, 5.74) is 2.60. The Kier molecular flexibility index (Phi) is 9.07. The van der Waals surface area contributed by atoms with E-state index >= 15 is 0 Å². The van der Waals surface area contributed by atoms with Gasteiger partial charge in [-0.15, -0.1) is 0 Å². The number of hydrogen-bond donors (Lipinski definition) is 2. The van der Waals surface area contributed by atoms with Crippen LogP contribution in [0.15, 0.2) is 54.6 Å². The molecule has 0 radical (unpaired) electrons. The van der Waals surface area contributed by atoms with E-state index < -0.39 is 12.6 Å². The Balaban J connectivity index is 1.60. The smallest absolute Gasteiger partial charge is 0.329 e. The topological polar surface area (TPSA) is 88.1 Å². The molecule has 3 rings (SSSR count). The predicted molar refractivity (Wildman–Crippen MR) is 122 cm³/mol. The molecule has 1 saturated heterocycles. The van der Waals surface area contributed by atoms with Crippen LogP contribution in [-0.4, -0.2) is 68.4 Å². The number of rotatable bonds is 11. The zero-order valence-electron chi connectivity index (χ0n) is 18.5.